The molecule has 1 amide bonds. The Morgan fingerprint density at radius 3 is 2.95 bits per heavy atom. The summed E-state index contributed by atoms with van der Waals surface area (Å²) in [5.74, 6) is 0.624. The van der Waals surface area contributed by atoms with Crippen LogP contribution in [0.1, 0.15) is 37.6 Å². The Morgan fingerprint density at radius 1 is 1.43 bits per heavy atom. The lowest BCUT2D eigenvalue weighted by Gasteiger charge is -2.13. The van der Waals surface area contributed by atoms with Crippen molar-refractivity contribution in [2.24, 2.45) is 11.7 Å². The summed E-state index contributed by atoms with van der Waals surface area (Å²) in [6.07, 6.45) is 3.53. The molecule has 2 aromatic rings. The standard InChI is InChI=1S/C16H23N3OS/c1-3-12(8-9-17)4-7-16(20)19-13-5-6-14-15(10-13)21-11(2)18-14/h5-6,10,12H,3-4,7-9,17H2,1-2H3,(H,19,20). The smallest absolute Gasteiger partial charge is 0.224 e. The molecule has 4 nitrogen and oxygen atoms in total. The molecule has 0 aliphatic carbocycles. The monoisotopic (exact) mass is 305 g/mol. The van der Waals surface area contributed by atoms with Crippen molar-refractivity contribution < 1.29 is 4.79 Å². The summed E-state index contributed by atoms with van der Waals surface area (Å²) in [6, 6.07) is 5.86. The molecular formula is C16H23N3OS. The molecule has 0 bridgehead atoms. The molecule has 2 rings (SSSR count). The molecule has 0 aliphatic rings. The molecule has 0 aliphatic heterocycles. The van der Waals surface area contributed by atoms with Crippen molar-refractivity contribution in [3.8, 4) is 0 Å². The fourth-order valence-electron chi connectivity index (χ4n) is 2.46. The number of aromatic nitrogens is 1. The van der Waals surface area contributed by atoms with Crippen molar-refractivity contribution in [2.75, 3.05) is 11.9 Å². The molecule has 5 heteroatoms. The first-order valence-corrected chi connectivity index (χ1v) is 8.31. The van der Waals surface area contributed by atoms with Crippen LogP contribution in [0.25, 0.3) is 10.2 Å². The highest BCUT2D eigenvalue weighted by atomic mass is 32.1. The van der Waals surface area contributed by atoms with E-state index < -0.39 is 0 Å². The molecule has 21 heavy (non-hydrogen) atoms. The van der Waals surface area contributed by atoms with Crippen LogP contribution in [0.2, 0.25) is 0 Å². The van der Waals surface area contributed by atoms with E-state index in [1.807, 2.05) is 25.1 Å². The molecule has 1 aromatic carbocycles. The summed E-state index contributed by atoms with van der Waals surface area (Å²) in [6.45, 7) is 4.84. The number of hydrogen-bond acceptors (Lipinski definition) is 4. The summed E-state index contributed by atoms with van der Waals surface area (Å²) in [5.41, 5.74) is 7.42. The van der Waals surface area contributed by atoms with E-state index in [1.54, 1.807) is 11.3 Å². The molecule has 0 saturated carbocycles. The zero-order valence-corrected chi connectivity index (χ0v) is 13.5. The van der Waals surface area contributed by atoms with Crippen LogP contribution in [0.4, 0.5) is 5.69 Å². The zero-order valence-electron chi connectivity index (χ0n) is 12.7. The van der Waals surface area contributed by atoms with Crippen molar-refractivity contribution in [2.45, 2.75) is 39.5 Å². The van der Waals surface area contributed by atoms with Gasteiger partial charge in [0.2, 0.25) is 5.91 Å². The van der Waals surface area contributed by atoms with Gasteiger partial charge in [-0.3, -0.25) is 4.79 Å². The van der Waals surface area contributed by atoms with Gasteiger partial charge < -0.3 is 11.1 Å². The first-order valence-electron chi connectivity index (χ1n) is 7.49. The van der Waals surface area contributed by atoms with Crippen molar-refractivity contribution in [1.82, 2.24) is 4.98 Å². The molecule has 114 valence electrons. The minimum atomic E-state index is 0.0751. The molecule has 0 saturated heterocycles. The molecular weight excluding hydrogens is 282 g/mol. The third-order valence-corrected chi connectivity index (χ3v) is 4.64. The average molecular weight is 305 g/mol. The number of nitrogens with zero attached hydrogens (tertiary/aromatic N) is 1. The van der Waals surface area contributed by atoms with Crippen LogP contribution >= 0.6 is 11.3 Å². The van der Waals surface area contributed by atoms with Gasteiger partial charge in [-0.05, 0) is 50.4 Å². The molecule has 1 aromatic heterocycles. The van der Waals surface area contributed by atoms with Gasteiger partial charge in [0.25, 0.3) is 0 Å². The van der Waals surface area contributed by atoms with E-state index in [4.69, 9.17) is 5.73 Å². The number of carbonyl (C=O) groups excluding carboxylic acids is 1. The van der Waals surface area contributed by atoms with Crippen LogP contribution < -0.4 is 11.1 Å². The van der Waals surface area contributed by atoms with Crippen LogP contribution in [0.3, 0.4) is 0 Å². The van der Waals surface area contributed by atoms with Crippen molar-refractivity contribution in [1.29, 1.82) is 0 Å². The quantitative estimate of drug-likeness (QED) is 0.819. The largest absolute Gasteiger partial charge is 0.330 e. The summed E-state index contributed by atoms with van der Waals surface area (Å²) in [5, 5.41) is 4.02. The molecule has 0 fully saturated rings. The maximum absolute atomic E-state index is 12.0. The maximum atomic E-state index is 12.0. The number of nitrogens with one attached hydrogen (secondary N) is 1. The van der Waals surface area contributed by atoms with Crippen LogP contribution in [0.15, 0.2) is 18.2 Å². The van der Waals surface area contributed by atoms with Crippen LogP contribution in [-0.2, 0) is 4.79 Å². The summed E-state index contributed by atoms with van der Waals surface area (Å²) in [7, 11) is 0. The van der Waals surface area contributed by atoms with Gasteiger partial charge in [0.05, 0.1) is 15.2 Å². The Kier molecular flexibility index (Phi) is 5.70. The van der Waals surface area contributed by atoms with E-state index >= 15 is 0 Å². The van der Waals surface area contributed by atoms with Crippen molar-refractivity contribution in [3.63, 3.8) is 0 Å². The second-order valence-electron chi connectivity index (χ2n) is 5.35. The summed E-state index contributed by atoms with van der Waals surface area (Å²) in [4.78, 5) is 16.4. The Bertz CT molecular complexity index is 609. The number of fused-ring (bicyclic) bond motifs is 1. The average Bonchev–Trinajstić information content (AvgIpc) is 2.82. The number of aryl methyl sites for hydroxylation is 1. The van der Waals surface area contributed by atoms with Gasteiger partial charge in [-0.25, -0.2) is 4.98 Å². The second kappa shape index (κ2) is 7.52. The molecule has 0 radical (unpaired) electrons. The van der Waals surface area contributed by atoms with Crippen LogP contribution in [0, 0.1) is 12.8 Å². The van der Waals surface area contributed by atoms with Gasteiger partial charge in [-0.15, -0.1) is 11.3 Å². The van der Waals surface area contributed by atoms with Gasteiger partial charge in [0.1, 0.15) is 0 Å². The lowest BCUT2D eigenvalue weighted by Crippen LogP contribution is -2.15. The lowest BCUT2D eigenvalue weighted by molar-refractivity contribution is -0.116. The van der Waals surface area contributed by atoms with Crippen molar-refractivity contribution >= 4 is 33.1 Å². The molecule has 1 heterocycles. The first-order chi connectivity index (χ1) is 10.1. The van der Waals surface area contributed by atoms with E-state index in [2.05, 4.69) is 17.2 Å². The number of hydrogen-bond donors (Lipinski definition) is 2. The number of thiazole rings is 1. The number of carbonyl (C=O) groups is 1. The second-order valence-corrected chi connectivity index (χ2v) is 6.59. The summed E-state index contributed by atoms with van der Waals surface area (Å²) < 4.78 is 1.11. The first kappa shape index (κ1) is 15.9. The molecule has 3 N–H and O–H groups in total. The van der Waals surface area contributed by atoms with Gasteiger partial charge >= 0.3 is 0 Å². The normalized spacial score (nSPS) is 12.5. The van der Waals surface area contributed by atoms with Gasteiger partial charge in [-0.2, -0.15) is 0 Å². The van der Waals surface area contributed by atoms with Gasteiger partial charge in [0, 0.05) is 12.1 Å². The maximum Gasteiger partial charge on any atom is 0.224 e. The van der Waals surface area contributed by atoms with E-state index in [0.717, 1.165) is 40.2 Å². The minimum Gasteiger partial charge on any atom is -0.330 e. The van der Waals surface area contributed by atoms with Crippen LogP contribution in [0.5, 0.6) is 0 Å². The number of amides is 1. The number of rotatable bonds is 7. The number of nitrogens with two attached hydrogens (primary N) is 1. The van der Waals surface area contributed by atoms with E-state index in [1.165, 1.54) is 0 Å². The highest BCUT2D eigenvalue weighted by molar-refractivity contribution is 7.18. The highest BCUT2D eigenvalue weighted by Crippen LogP contribution is 2.25. The Balaban J connectivity index is 1.91. The third kappa shape index (κ3) is 4.51. The zero-order chi connectivity index (χ0) is 15.2. The molecule has 1 unspecified atom stereocenters. The SMILES string of the molecule is CCC(CCN)CCC(=O)Nc1ccc2nc(C)sc2c1. The van der Waals surface area contributed by atoms with Crippen LogP contribution in [-0.4, -0.2) is 17.4 Å². The Hall–Kier alpha value is -1.46. The van der Waals surface area contributed by atoms with E-state index in [-0.39, 0.29) is 5.91 Å². The van der Waals surface area contributed by atoms with Gasteiger partial charge in [-0.1, -0.05) is 13.3 Å². The minimum absolute atomic E-state index is 0.0751. The molecule has 0 spiro atoms. The van der Waals surface area contributed by atoms with E-state index in [0.29, 0.717) is 18.9 Å². The lowest BCUT2D eigenvalue weighted by atomic mass is 9.96. The molecule has 1 atom stereocenters. The van der Waals surface area contributed by atoms with Gasteiger partial charge in [0.15, 0.2) is 0 Å². The predicted molar refractivity (Wildman–Crippen MR) is 89.7 cm³/mol. The predicted octanol–water partition coefficient (Wildman–Crippen LogP) is 3.70. The fraction of sp³-hybridized carbons (Fsp3) is 0.500. The number of anilines is 1. The third-order valence-electron chi connectivity index (χ3n) is 3.71. The Labute approximate surface area is 129 Å². The number of benzene rings is 1. The Morgan fingerprint density at radius 2 is 2.24 bits per heavy atom. The topological polar surface area (TPSA) is 68.0 Å². The summed E-state index contributed by atoms with van der Waals surface area (Å²) >= 11 is 1.65. The van der Waals surface area contributed by atoms with E-state index in [9.17, 15) is 4.79 Å². The van der Waals surface area contributed by atoms with Crippen molar-refractivity contribution in [3.05, 3.63) is 23.2 Å². The fourth-order valence-corrected chi connectivity index (χ4v) is 3.33. The highest BCUT2D eigenvalue weighted by Gasteiger charge is 2.10.